The van der Waals surface area contributed by atoms with Crippen LogP contribution in [0.5, 0.6) is 0 Å². The fourth-order valence-corrected chi connectivity index (χ4v) is 2.06. The molecule has 18 heavy (non-hydrogen) atoms. The molecule has 1 atom stereocenters. The van der Waals surface area contributed by atoms with Gasteiger partial charge in [-0.05, 0) is 45.1 Å². The fourth-order valence-electron chi connectivity index (χ4n) is 1.83. The zero-order valence-electron chi connectivity index (χ0n) is 10.6. The standard InChI is InChI=1S/C15H17BrN2/c1-10(2)11-3-5-12(6-4-11)15(17)14-8-7-13(16)9-18-14/h3-10,15H,17H2,1-2H3. The molecule has 1 unspecified atom stereocenters. The van der Waals surface area contributed by atoms with Gasteiger partial charge in [0.2, 0.25) is 0 Å². The Labute approximate surface area is 116 Å². The summed E-state index contributed by atoms with van der Waals surface area (Å²) in [6, 6.07) is 12.2. The highest BCUT2D eigenvalue weighted by molar-refractivity contribution is 9.10. The van der Waals surface area contributed by atoms with Crippen LogP contribution in [-0.4, -0.2) is 4.98 Å². The maximum atomic E-state index is 6.21. The van der Waals surface area contributed by atoms with Crippen LogP contribution in [0.1, 0.15) is 42.6 Å². The molecule has 2 N–H and O–H groups in total. The molecule has 94 valence electrons. The summed E-state index contributed by atoms with van der Waals surface area (Å²) in [5.74, 6) is 0.543. The topological polar surface area (TPSA) is 38.9 Å². The van der Waals surface area contributed by atoms with E-state index >= 15 is 0 Å². The molecule has 1 aromatic heterocycles. The van der Waals surface area contributed by atoms with Gasteiger partial charge >= 0.3 is 0 Å². The van der Waals surface area contributed by atoms with Crippen LogP contribution in [0, 0.1) is 0 Å². The monoisotopic (exact) mass is 304 g/mol. The summed E-state index contributed by atoms with van der Waals surface area (Å²) in [6.07, 6.45) is 1.78. The van der Waals surface area contributed by atoms with Crippen molar-refractivity contribution in [2.75, 3.05) is 0 Å². The summed E-state index contributed by atoms with van der Waals surface area (Å²) in [5.41, 5.74) is 9.52. The number of nitrogens with zero attached hydrogens (tertiary/aromatic N) is 1. The average molecular weight is 305 g/mol. The molecular formula is C15H17BrN2. The molecule has 0 fully saturated rings. The number of hydrogen-bond donors (Lipinski definition) is 1. The van der Waals surface area contributed by atoms with Crippen molar-refractivity contribution in [2.45, 2.75) is 25.8 Å². The lowest BCUT2D eigenvalue weighted by Crippen LogP contribution is -2.13. The van der Waals surface area contributed by atoms with Crippen LogP contribution in [-0.2, 0) is 0 Å². The van der Waals surface area contributed by atoms with E-state index in [0.717, 1.165) is 15.7 Å². The lowest BCUT2D eigenvalue weighted by Gasteiger charge is -2.13. The van der Waals surface area contributed by atoms with Crippen LogP contribution in [0.25, 0.3) is 0 Å². The number of benzene rings is 1. The summed E-state index contributed by atoms with van der Waals surface area (Å²) in [6.45, 7) is 4.37. The predicted molar refractivity (Wildman–Crippen MR) is 78.5 cm³/mol. The number of hydrogen-bond acceptors (Lipinski definition) is 2. The first-order chi connectivity index (χ1) is 8.58. The third kappa shape index (κ3) is 2.98. The molecule has 0 bridgehead atoms. The van der Waals surface area contributed by atoms with Crippen molar-refractivity contribution in [3.05, 3.63) is 63.9 Å². The average Bonchev–Trinajstić information content (AvgIpc) is 2.39. The SMILES string of the molecule is CC(C)c1ccc(C(N)c2ccc(Br)cn2)cc1. The first kappa shape index (κ1) is 13.2. The Kier molecular flexibility index (Phi) is 4.15. The van der Waals surface area contributed by atoms with Crippen molar-refractivity contribution in [1.82, 2.24) is 4.98 Å². The van der Waals surface area contributed by atoms with Crippen LogP contribution in [0.15, 0.2) is 47.1 Å². The van der Waals surface area contributed by atoms with Gasteiger partial charge in [-0.3, -0.25) is 4.98 Å². The first-order valence-corrected chi connectivity index (χ1v) is 6.84. The van der Waals surface area contributed by atoms with Crippen molar-refractivity contribution < 1.29 is 0 Å². The van der Waals surface area contributed by atoms with Crippen LogP contribution in [0.4, 0.5) is 0 Å². The fraction of sp³-hybridized carbons (Fsp3) is 0.267. The molecule has 0 aliphatic carbocycles. The molecule has 1 heterocycles. The van der Waals surface area contributed by atoms with E-state index in [1.807, 2.05) is 12.1 Å². The van der Waals surface area contributed by atoms with Gasteiger partial charge in [0.05, 0.1) is 11.7 Å². The Bertz CT molecular complexity index is 503. The smallest absolute Gasteiger partial charge is 0.0726 e. The van der Waals surface area contributed by atoms with E-state index in [4.69, 9.17) is 5.73 Å². The van der Waals surface area contributed by atoms with Crippen molar-refractivity contribution >= 4 is 15.9 Å². The van der Waals surface area contributed by atoms with Gasteiger partial charge in [0.25, 0.3) is 0 Å². The lowest BCUT2D eigenvalue weighted by molar-refractivity contribution is 0.820. The molecule has 2 rings (SSSR count). The minimum absolute atomic E-state index is 0.167. The molecule has 0 amide bonds. The van der Waals surface area contributed by atoms with E-state index in [-0.39, 0.29) is 6.04 Å². The number of pyridine rings is 1. The van der Waals surface area contributed by atoms with E-state index in [1.54, 1.807) is 6.20 Å². The van der Waals surface area contributed by atoms with Gasteiger partial charge in [-0.2, -0.15) is 0 Å². The third-order valence-corrected chi connectivity index (χ3v) is 3.50. The number of rotatable bonds is 3. The van der Waals surface area contributed by atoms with Crippen LogP contribution < -0.4 is 5.73 Å². The van der Waals surface area contributed by atoms with E-state index in [9.17, 15) is 0 Å². The zero-order chi connectivity index (χ0) is 13.1. The number of nitrogens with two attached hydrogens (primary N) is 1. The van der Waals surface area contributed by atoms with Gasteiger partial charge in [-0.25, -0.2) is 0 Å². The van der Waals surface area contributed by atoms with Crippen molar-refractivity contribution in [3.63, 3.8) is 0 Å². The summed E-state index contributed by atoms with van der Waals surface area (Å²) in [5, 5.41) is 0. The van der Waals surface area contributed by atoms with Crippen molar-refractivity contribution in [3.8, 4) is 0 Å². The van der Waals surface area contributed by atoms with Crippen molar-refractivity contribution in [1.29, 1.82) is 0 Å². The van der Waals surface area contributed by atoms with Crippen LogP contribution in [0.3, 0.4) is 0 Å². The van der Waals surface area contributed by atoms with E-state index in [0.29, 0.717) is 5.92 Å². The Morgan fingerprint density at radius 2 is 1.61 bits per heavy atom. The maximum Gasteiger partial charge on any atom is 0.0726 e. The maximum absolute atomic E-state index is 6.21. The van der Waals surface area contributed by atoms with Gasteiger partial charge < -0.3 is 5.73 Å². The second kappa shape index (κ2) is 5.63. The zero-order valence-corrected chi connectivity index (χ0v) is 12.2. The molecule has 0 saturated heterocycles. The molecule has 0 spiro atoms. The minimum Gasteiger partial charge on any atom is -0.319 e. The normalized spacial score (nSPS) is 12.7. The largest absolute Gasteiger partial charge is 0.319 e. The Morgan fingerprint density at radius 3 is 2.11 bits per heavy atom. The van der Waals surface area contributed by atoms with E-state index in [2.05, 4.69) is 59.0 Å². The predicted octanol–water partition coefficient (Wildman–Crippen LogP) is 4.02. The van der Waals surface area contributed by atoms with E-state index in [1.165, 1.54) is 5.56 Å². The van der Waals surface area contributed by atoms with Gasteiger partial charge in [-0.1, -0.05) is 38.1 Å². The molecule has 0 radical (unpaired) electrons. The second-order valence-corrected chi connectivity index (χ2v) is 5.62. The second-order valence-electron chi connectivity index (χ2n) is 4.70. The quantitative estimate of drug-likeness (QED) is 0.930. The van der Waals surface area contributed by atoms with Crippen LogP contribution >= 0.6 is 15.9 Å². The lowest BCUT2D eigenvalue weighted by atomic mass is 9.98. The van der Waals surface area contributed by atoms with E-state index < -0.39 is 0 Å². The molecule has 3 heteroatoms. The number of halogens is 1. The van der Waals surface area contributed by atoms with Gasteiger partial charge in [0.1, 0.15) is 0 Å². The summed E-state index contributed by atoms with van der Waals surface area (Å²) >= 11 is 3.37. The van der Waals surface area contributed by atoms with Gasteiger partial charge in [0, 0.05) is 10.7 Å². The first-order valence-electron chi connectivity index (χ1n) is 6.05. The Hall–Kier alpha value is -1.19. The number of aromatic nitrogens is 1. The summed E-state index contributed by atoms with van der Waals surface area (Å²) in [7, 11) is 0. The molecule has 2 aromatic rings. The molecular weight excluding hydrogens is 288 g/mol. The highest BCUT2D eigenvalue weighted by Gasteiger charge is 2.10. The van der Waals surface area contributed by atoms with Gasteiger partial charge in [0.15, 0.2) is 0 Å². The third-order valence-electron chi connectivity index (χ3n) is 3.03. The molecule has 0 aliphatic rings. The highest BCUT2D eigenvalue weighted by atomic mass is 79.9. The molecule has 2 nitrogen and oxygen atoms in total. The summed E-state index contributed by atoms with van der Waals surface area (Å²) in [4.78, 5) is 4.34. The Morgan fingerprint density at radius 1 is 1.00 bits per heavy atom. The minimum atomic E-state index is -0.167. The Balaban J connectivity index is 2.23. The molecule has 1 aromatic carbocycles. The summed E-state index contributed by atoms with van der Waals surface area (Å²) < 4.78 is 0.966. The highest BCUT2D eigenvalue weighted by Crippen LogP contribution is 2.21. The van der Waals surface area contributed by atoms with Crippen LogP contribution in [0.2, 0.25) is 0 Å². The van der Waals surface area contributed by atoms with Gasteiger partial charge in [-0.15, -0.1) is 0 Å². The van der Waals surface area contributed by atoms with Crippen molar-refractivity contribution in [2.24, 2.45) is 5.73 Å². The molecule has 0 aliphatic heterocycles. The molecule has 0 saturated carbocycles.